The van der Waals surface area contributed by atoms with Crippen LogP contribution in [0.4, 0.5) is 0 Å². The van der Waals surface area contributed by atoms with Crippen LogP contribution in [0, 0.1) is 0 Å². The highest BCUT2D eigenvalue weighted by Gasteiger charge is 2.44. The molecule has 1 unspecified atom stereocenters. The molecule has 0 saturated carbocycles. The topological polar surface area (TPSA) is 116 Å². The minimum atomic E-state index is -0.964. The van der Waals surface area contributed by atoms with Crippen LogP contribution < -0.4 is 9.47 Å². The van der Waals surface area contributed by atoms with Gasteiger partial charge in [-0.25, -0.2) is 4.79 Å². The van der Waals surface area contributed by atoms with Crippen LogP contribution in [0.15, 0.2) is 82.5 Å². The number of rotatable bonds is 8. The van der Waals surface area contributed by atoms with Gasteiger partial charge in [0.2, 0.25) is 5.78 Å². The van der Waals surface area contributed by atoms with Crippen molar-refractivity contribution >= 4 is 40.2 Å². The molecule has 0 bridgehead atoms. The number of carbonyl (C=O) groups is 3. The standard InChI is InChI=1S/C30H24ClNO8/c1-37-21-6-4-5-18(12-21)25-24(26(33)22-13-19-11-20(31)14-23(38-2)28(19)40-22)27(34)29(35)32(25)15-16-7-9-17(10-8-16)30(36)39-3/h4-14,25,34H,15H2,1-3H3. The molecule has 1 N–H and O–H groups in total. The van der Waals surface area contributed by atoms with E-state index in [-0.39, 0.29) is 17.9 Å². The number of furan rings is 1. The SMILES string of the molecule is COC(=O)c1ccc(CN2C(=O)C(O)=C(C(=O)c3cc4cc(Cl)cc(OC)c4o3)C2c2cccc(OC)c2)cc1. The average molecular weight is 562 g/mol. The second-order valence-corrected chi connectivity index (χ2v) is 9.47. The Morgan fingerprint density at radius 1 is 1.00 bits per heavy atom. The summed E-state index contributed by atoms with van der Waals surface area (Å²) < 4.78 is 21.3. The van der Waals surface area contributed by atoms with Crippen molar-refractivity contribution < 1.29 is 38.1 Å². The fraction of sp³-hybridized carbons (Fsp3) is 0.167. The highest BCUT2D eigenvalue weighted by Crippen LogP contribution is 2.42. The zero-order valence-electron chi connectivity index (χ0n) is 21.8. The number of ketones is 1. The summed E-state index contributed by atoms with van der Waals surface area (Å²) in [7, 11) is 4.25. The Balaban J connectivity index is 1.58. The molecular weight excluding hydrogens is 538 g/mol. The lowest BCUT2D eigenvalue weighted by molar-refractivity contribution is -0.130. The Labute approximate surface area is 234 Å². The normalized spacial score (nSPS) is 15.1. The first-order chi connectivity index (χ1) is 19.2. The summed E-state index contributed by atoms with van der Waals surface area (Å²) in [6.07, 6.45) is 0. The largest absolute Gasteiger partial charge is 0.503 e. The molecule has 0 spiro atoms. The molecule has 10 heteroatoms. The van der Waals surface area contributed by atoms with Crippen molar-refractivity contribution in [1.29, 1.82) is 0 Å². The Bertz CT molecular complexity index is 1670. The fourth-order valence-corrected chi connectivity index (χ4v) is 4.97. The molecule has 3 aromatic carbocycles. The lowest BCUT2D eigenvalue weighted by Crippen LogP contribution is -2.30. The summed E-state index contributed by atoms with van der Waals surface area (Å²) in [6, 6.07) is 17.1. The van der Waals surface area contributed by atoms with E-state index in [9.17, 15) is 19.5 Å². The minimum absolute atomic E-state index is 0.0343. The third-order valence-electron chi connectivity index (χ3n) is 6.68. The maximum absolute atomic E-state index is 13.9. The molecule has 0 radical (unpaired) electrons. The number of benzene rings is 3. The summed E-state index contributed by atoms with van der Waals surface area (Å²) in [4.78, 5) is 40.5. The van der Waals surface area contributed by atoms with E-state index < -0.39 is 29.5 Å². The van der Waals surface area contributed by atoms with Gasteiger partial charge in [-0.15, -0.1) is 0 Å². The predicted octanol–water partition coefficient (Wildman–Crippen LogP) is 5.67. The summed E-state index contributed by atoms with van der Waals surface area (Å²) in [5, 5.41) is 12.0. The first kappa shape index (κ1) is 26.8. The van der Waals surface area contributed by atoms with Crippen LogP contribution in [0.1, 0.15) is 38.1 Å². The fourth-order valence-electron chi connectivity index (χ4n) is 4.75. The number of hydrogen-bond donors (Lipinski definition) is 1. The van der Waals surface area contributed by atoms with Crippen molar-refractivity contribution in [3.05, 3.63) is 106 Å². The van der Waals surface area contributed by atoms with Crippen LogP contribution in [0.25, 0.3) is 11.0 Å². The predicted molar refractivity (Wildman–Crippen MR) is 146 cm³/mol. The van der Waals surface area contributed by atoms with Crippen molar-refractivity contribution in [3.63, 3.8) is 0 Å². The lowest BCUT2D eigenvalue weighted by atomic mass is 9.94. The molecule has 5 rings (SSSR count). The highest BCUT2D eigenvalue weighted by molar-refractivity contribution is 6.31. The second kappa shape index (κ2) is 10.8. The number of aliphatic hydroxyl groups excluding tert-OH is 1. The van der Waals surface area contributed by atoms with E-state index in [0.29, 0.717) is 44.2 Å². The molecule has 1 amide bonds. The second-order valence-electron chi connectivity index (χ2n) is 9.03. The number of hydrogen-bond acceptors (Lipinski definition) is 8. The molecular formula is C30H24ClNO8. The molecule has 0 aliphatic carbocycles. The molecule has 0 saturated heterocycles. The van der Waals surface area contributed by atoms with E-state index in [4.69, 9.17) is 30.2 Å². The van der Waals surface area contributed by atoms with Gasteiger partial charge in [-0.2, -0.15) is 0 Å². The van der Waals surface area contributed by atoms with Crippen LogP contribution in [0.3, 0.4) is 0 Å². The number of fused-ring (bicyclic) bond motifs is 1. The van der Waals surface area contributed by atoms with Crippen molar-refractivity contribution in [1.82, 2.24) is 4.90 Å². The number of aliphatic hydroxyl groups is 1. The van der Waals surface area contributed by atoms with Crippen LogP contribution in [0.5, 0.6) is 11.5 Å². The van der Waals surface area contributed by atoms with E-state index in [2.05, 4.69) is 0 Å². The number of methoxy groups -OCH3 is 3. The monoisotopic (exact) mass is 561 g/mol. The number of ether oxygens (including phenoxy) is 3. The molecule has 2 heterocycles. The van der Waals surface area contributed by atoms with Crippen molar-refractivity contribution in [3.8, 4) is 11.5 Å². The van der Waals surface area contributed by atoms with Gasteiger partial charge < -0.3 is 28.6 Å². The van der Waals surface area contributed by atoms with E-state index in [0.717, 1.165) is 0 Å². The number of halogens is 1. The zero-order valence-corrected chi connectivity index (χ0v) is 22.5. The molecule has 4 aromatic rings. The Morgan fingerprint density at radius 2 is 1.75 bits per heavy atom. The van der Waals surface area contributed by atoms with Crippen LogP contribution in [-0.2, 0) is 16.1 Å². The third kappa shape index (κ3) is 4.76. The Hall–Kier alpha value is -4.76. The molecule has 1 aliphatic rings. The summed E-state index contributed by atoms with van der Waals surface area (Å²) >= 11 is 6.18. The van der Waals surface area contributed by atoms with E-state index in [1.165, 1.54) is 32.3 Å². The first-order valence-corrected chi connectivity index (χ1v) is 12.5. The summed E-state index contributed by atoms with van der Waals surface area (Å²) in [5.74, 6) is -1.83. The molecule has 9 nitrogen and oxygen atoms in total. The quantitative estimate of drug-likeness (QED) is 0.216. The number of amides is 1. The zero-order chi connectivity index (χ0) is 28.6. The Kier molecular flexibility index (Phi) is 7.23. The van der Waals surface area contributed by atoms with Crippen molar-refractivity contribution in [2.75, 3.05) is 21.3 Å². The van der Waals surface area contributed by atoms with Gasteiger partial charge in [0.05, 0.1) is 38.5 Å². The molecule has 204 valence electrons. The van der Waals surface area contributed by atoms with Gasteiger partial charge in [0.15, 0.2) is 22.9 Å². The van der Waals surface area contributed by atoms with E-state index in [1.807, 2.05) is 0 Å². The van der Waals surface area contributed by atoms with E-state index >= 15 is 0 Å². The number of nitrogens with zero attached hydrogens (tertiary/aromatic N) is 1. The number of carbonyl (C=O) groups excluding carboxylic acids is 3. The number of Topliss-reactive ketones (excluding diaryl/α,β-unsaturated/α-hetero) is 1. The smallest absolute Gasteiger partial charge is 0.337 e. The average Bonchev–Trinajstić information content (AvgIpc) is 3.51. The maximum Gasteiger partial charge on any atom is 0.337 e. The maximum atomic E-state index is 13.9. The van der Waals surface area contributed by atoms with Gasteiger partial charge in [-0.1, -0.05) is 35.9 Å². The van der Waals surface area contributed by atoms with Crippen LogP contribution >= 0.6 is 11.6 Å². The van der Waals surface area contributed by atoms with Gasteiger partial charge in [0, 0.05) is 23.0 Å². The van der Waals surface area contributed by atoms with Crippen molar-refractivity contribution in [2.45, 2.75) is 12.6 Å². The van der Waals surface area contributed by atoms with E-state index in [1.54, 1.807) is 60.7 Å². The van der Waals surface area contributed by atoms with Crippen molar-refractivity contribution in [2.24, 2.45) is 0 Å². The molecule has 1 aliphatic heterocycles. The van der Waals surface area contributed by atoms with Gasteiger partial charge >= 0.3 is 5.97 Å². The summed E-state index contributed by atoms with van der Waals surface area (Å²) in [6.45, 7) is 0.0343. The first-order valence-electron chi connectivity index (χ1n) is 12.1. The van der Waals surface area contributed by atoms with Crippen LogP contribution in [-0.4, -0.2) is 49.0 Å². The number of esters is 1. The van der Waals surface area contributed by atoms with Gasteiger partial charge in [0.25, 0.3) is 5.91 Å². The molecule has 40 heavy (non-hydrogen) atoms. The lowest BCUT2D eigenvalue weighted by Gasteiger charge is -2.27. The van der Waals surface area contributed by atoms with Gasteiger partial charge in [0.1, 0.15) is 5.75 Å². The minimum Gasteiger partial charge on any atom is -0.503 e. The van der Waals surface area contributed by atoms with Gasteiger partial charge in [-0.3, -0.25) is 9.59 Å². The molecule has 1 atom stereocenters. The highest BCUT2D eigenvalue weighted by atomic mass is 35.5. The Morgan fingerprint density at radius 3 is 2.42 bits per heavy atom. The van der Waals surface area contributed by atoms with Crippen LogP contribution in [0.2, 0.25) is 5.02 Å². The van der Waals surface area contributed by atoms with Gasteiger partial charge in [-0.05, 0) is 47.5 Å². The molecule has 0 fully saturated rings. The summed E-state index contributed by atoms with van der Waals surface area (Å²) in [5.41, 5.74) is 1.72. The third-order valence-corrected chi connectivity index (χ3v) is 6.89. The molecule has 1 aromatic heterocycles.